The minimum atomic E-state index is -3.17. The Morgan fingerprint density at radius 1 is 1.10 bits per heavy atom. The van der Waals surface area contributed by atoms with E-state index in [0.717, 1.165) is 45.3 Å². The molecule has 0 unspecified atom stereocenters. The van der Waals surface area contributed by atoms with Crippen LogP contribution in [0.1, 0.15) is 58.9 Å². The van der Waals surface area contributed by atoms with Crippen molar-refractivity contribution in [1.29, 1.82) is 0 Å². The van der Waals surface area contributed by atoms with Gasteiger partial charge in [0.15, 0.2) is 0 Å². The van der Waals surface area contributed by atoms with Gasteiger partial charge >= 0.3 is 0 Å². The van der Waals surface area contributed by atoms with Crippen molar-refractivity contribution in [3.8, 4) is 0 Å². The average molecular weight is 438 g/mol. The second-order valence-electron chi connectivity index (χ2n) is 9.47. The first kappa shape index (κ1) is 23.4. The number of anilines is 2. The maximum absolute atomic E-state index is 12.1. The fourth-order valence-corrected chi connectivity index (χ4v) is 5.51. The highest BCUT2D eigenvalue weighted by molar-refractivity contribution is 7.90. The second-order valence-corrected chi connectivity index (χ2v) is 11.7. The highest BCUT2D eigenvalue weighted by Gasteiger charge is 2.26. The Hall–Kier alpha value is -1.31. The van der Waals surface area contributed by atoms with Crippen LogP contribution in [0.3, 0.4) is 0 Å². The molecular weight excluding hydrogens is 398 g/mol. The molecule has 1 saturated heterocycles. The van der Waals surface area contributed by atoms with Gasteiger partial charge in [-0.05, 0) is 90.0 Å². The van der Waals surface area contributed by atoms with Crippen molar-refractivity contribution in [2.75, 3.05) is 29.9 Å². The van der Waals surface area contributed by atoms with Crippen molar-refractivity contribution in [2.45, 2.75) is 83.8 Å². The lowest BCUT2D eigenvalue weighted by atomic mass is 9.86. The number of nitrogens with one attached hydrogen (secondary N) is 2. The van der Waals surface area contributed by atoms with Crippen molar-refractivity contribution in [1.82, 2.24) is 4.72 Å². The molecule has 7 heteroatoms. The van der Waals surface area contributed by atoms with Crippen molar-refractivity contribution in [2.24, 2.45) is 5.92 Å². The van der Waals surface area contributed by atoms with Crippen LogP contribution in [0.4, 0.5) is 11.4 Å². The molecule has 2 aliphatic rings. The summed E-state index contributed by atoms with van der Waals surface area (Å²) in [7, 11) is -3.17. The lowest BCUT2D eigenvalue weighted by Gasteiger charge is -2.37. The van der Waals surface area contributed by atoms with Gasteiger partial charge in [-0.2, -0.15) is 0 Å². The number of nitrogens with zero attached hydrogens (tertiary/aromatic N) is 1. The number of benzene rings is 1. The predicted octanol–water partition coefficient (Wildman–Crippen LogP) is 3.91. The fraction of sp³-hybridized carbons (Fsp3) is 0.739. The first-order valence-electron chi connectivity index (χ1n) is 11.4. The van der Waals surface area contributed by atoms with Gasteiger partial charge in [0, 0.05) is 37.1 Å². The van der Waals surface area contributed by atoms with Gasteiger partial charge in [0.25, 0.3) is 0 Å². The normalized spacial score (nSPS) is 28.0. The summed E-state index contributed by atoms with van der Waals surface area (Å²) in [6.45, 7) is 12.7. The Balaban J connectivity index is 1.49. The van der Waals surface area contributed by atoms with Crippen LogP contribution in [0.15, 0.2) is 18.2 Å². The van der Waals surface area contributed by atoms with Gasteiger partial charge in [0.05, 0.1) is 17.5 Å². The molecule has 1 heterocycles. The van der Waals surface area contributed by atoms with E-state index in [1.807, 2.05) is 0 Å². The van der Waals surface area contributed by atoms with Crippen molar-refractivity contribution < 1.29 is 13.2 Å². The largest absolute Gasteiger partial charge is 0.385 e. The smallest absolute Gasteiger partial charge is 0.214 e. The zero-order chi connectivity index (χ0) is 21.9. The summed E-state index contributed by atoms with van der Waals surface area (Å²) in [5.74, 6) is 0.588. The van der Waals surface area contributed by atoms with Crippen LogP contribution in [0.5, 0.6) is 0 Å². The van der Waals surface area contributed by atoms with Crippen LogP contribution < -0.4 is 14.9 Å². The summed E-state index contributed by atoms with van der Waals surface area (Å²) in [6.07, 6.45) is 4.46. The van der Waals surface area contributed by atoms with E-state index in [4.69, 9.17) is 4.74 Å². The Kier molecular flexibility index (Phi) is 7.69. The number of morpholine rings is 1. The highest BCUT2D eigenvalue weighted by atomic mass is 32.2. The molecule has 2 atom stereocenters. The number of rotatable bonds is 7. The maximum atomic E-state index is 12.1. The van der Waals surface area contributed by atoms with Crippen molar-refractivity contribution >= 4 is 21.4 Å². The number of ether oxygens (including phenoxy) is 1. The van der Waals surface area contributed by atoms with Crippen LogP contribution in [0.2, 0.25) is 0 Å². The van der Waals surface area contributed by atoms with Gasteiger partial charge in [-0.1, -0.05) is 0 Å². The van der Waals surface area contributed by atoms with Gasteiger partial charge in [-0.25, -0.2) is 13.1 Å². The quantitative estimate of drug-likeness (QED) is 0.677. The number of sulfonamides is 1. The molecule has 1 saturated carbocycles. The third-order valence-corrected chi connectivity index (χ3v) is 8.28. The molecule has 6 nitrogen and oxygen atoms in total. The Labute approximate surface area is 182 Å². The van der Waals surface area contributed by atoms with E-state index in [1.54, 1.807) is 13.8 Å². The SMILES string of the molecule is Cc1cc(N2C[C@@H](C)O[C@@H](C)C2)ccc1NC[C@H]1CC[C@H](NS(=O)(=O)C(C)C)CC1. The Bertz CT molecular complexity index is 794. The highest BCUT2D eigenvalue weighted by Crippen LogP contribution is 2.28. The van der Waals surface area contributed by atoms with E-state index < -0.39 is 10.0 Å². The van der Waals surface area contributed by atoms with E-state index in [1.165, 1.54) is 16.9 Å². The molecule has 0 aromatic heterocycles. The summed E-state index contributed by atoms with van der Waals surface area (Å²) in [4.78, 5) is 2.41. The summed E-state index contributed by atoms with van der Waals surface area (Å²) in [6, 6.07) is 6.76. The molecule has 1 aromatic carbocycles. The van der Waals surface area contributed by atoms with Crippen LogP contribution in [0, 0.1) is 12.8 Å². The first-order chi connectivity index (χ1) is 14.1. The fourth-order valence-electron chi connectivity index (χ4n) is 4.54. The Morgan fingerprint density at radius 2 is 1.73 bits per heavy atom. The zero-order valence-corrected chi connectivity index (χ0v) is 20.0. The number of hydrogen-bond acceptors (Lipinski definition) is 5. The average Bonchev–Trinajstić information content (AvgIpc) is 2.67. The van der Waals surface area contributed by atoms with Gasteiger partial charge in [-0.15, -0.1) is 0 Å². The maximum Gasteiger partial charge on any atom is 0.214 e. The molecule has 2 N–H and O–H groups in total. The summed E-state index contributed by atoms with van der Waals surface area (Å²) >= 11 is 0. The monoisotopic (exact) mass is 437 g/mol. The molecule has 170 valence electrons. The molecule has 3 rings (SSSR count). The van der Waals surface area contributed by atoms with Crippen molar-refractivity contribution in [3.63, 3.8) is 0 Å². The molecule has 0 amide bonds. The van der Waals surface area contributed by atoms with E-state index in [0.29, 0.717) is 5.92 Å². The first-order valence-corrected chi connectivity index (χ1v) is 12.9. The second kappa shape index (κ2) is 9.88. The lowest BCUT2D eigenvalue weighted by molar-refractivity contribution is -0.00522. The minimum absolute atomic E-state index is 0.0907. The number of hydrogen-bond donors (Lipinski definition) is 2. The van der Waals surface area contributed by atoms with E-state index in [2.05, 4.69) is 53.9 Å². The molecule has 1 aliphatic carbocycles. The van der Waals surface area contributed by atoms with Gasteiger partial charge < -0.3 is 15.0 Å². The Morgan fingerprint density at radius 3 is 2.30 bits per heavy atom. The summed E-state index contributed by atoms with van der Waals surface area (Å²) in [5, 5.41) is 3.26. The third-order valence-electron chi connectivity index (χ3n) is 6.37. The molecule has 30 heavy (non-hydrogen) atoms. The lowest BCUT2D eigenvalue weighted by Crippen LogP contribution is -2.45. The third kappa shape index (κ3) is 6.11. The molecule has 0 radical (unpaired) electrons. The molecule has 2 fully saturated rings. The minimum Gasteiger partial charge on any atom is -0.385 e. The van der Waals surface area contributed by atoms with E-state index >= 15 is 0 Å². The van der Waals surface area contributed by atoms with Crippen molar-refractivity contribution in [3.05, 3.63) is 23.8 Å². The van der Waals surface area contributed by atoms with Gasteiger partial charge in [-0.3, -0.25) is 0 Å². The van der Waals surface area contributed by atoms with Crippen LogP contribution >= 0.6 is 0 Å². The van der Waals surface area contributed by atoms with E-state index in [9.17, 15) is 8.42 Å². The molecule has 1 aliphatic heterocycles. The van der Waals surface area contributed by atoms with Crippen LogP contribution in [0.25, 0.3) is 0 Å². The molecule has 1 aromatic rings. The van der Waals surface area contributed by atoms with Gasteiger partial charge in [0.1, 0.15) is 0 Å². The summed E-state index contributed by atoms with van der Waals surface area (Å²) < 4.78 is 32.9. The van der Waals surface area contributed by atoms with Crippen LogP contribution in [-0.4, -0.2) is 51.6 Å². The molecule has 0 spiro atoms. The molecule has 0 bridgehead atoms. The van der Waals surface area contributed by atoms with Gasteiger partial charge in [0.2, 0.25) is 10.0 Å². The molecular formula is C23H39N3O3S. The summed E-state index contributed by atoms with van der Waals surface area (Å²) in [5.41, 5.74) is 3.71. The number of aryl methyl sites for hydroxylation is 1. The van der Waals surface area contributed by atoms with E-state index in [-0.39, 0.29) is 23.5 Å². The zero-order valence-electron chi connectivity index (χ0n) is 19.1. The predicted molar refractivity (Wildman–Crippen MR) is 125 cm³/mol. The topological polar surface area (TPSA) is 70.7 Å². The van der Waals surface area contributed by atoms with Crippen LogP contribution in [-0.2, 0) is 14.8 Å². The standard InChI is InChI=1S/C23H39N3O3S/c1-16(2)30(27,28)25-21-8-6-20(7-9-21)13-24-23-11-10-22(12-17(23)3)26-14-18(4)29-19(5)15-26/h10-12,16,18-21,24-25H,6-9,13-15H2,1-5H3/t18-,19+,20-,21-.